The van der Waals surface area contributed by atoms with Crippen molar-refractivity contribution in [2.75, 3.05) is 37.6 Å². The summed E-state index contributed by atoms with van der Waals surface area (Å²) in [4.78, 5) is 34.3. The molecule has 1 aliphatic carbocycles. The summed E-state index contributed by atoms with van der Waals surface area (Å²) in [7, 11) is 0. The fourth-order valence-electron chi connectivity index (χ4n) is 3.08. The Morgan fingerprint density at radius 2 is 1.96 bits per heavy atom. The maximum absolute atomic E-state index is 12.4. The molecule has 2 fully saturated rings. The van der Waals surface area contributed by atoms with Crippen molar-refractivity contribution >= 4 is 17.6 Å². The Morgan fingerprint density at radius 1 is 1.22 bits per heavy atom. The maximum Gasteiger partial charge on any atom is 0.224 e. The van der Waals surface area contributed by atoms with E-state index in [1.165, 1.54) is 0 Å². The monoisotopic (exact) mass is 316 g/mol. The molecule has 2 aliphatic rings. The van der Waals surface area contributed by atoms with E-state index in [4.69, 9.17) is 0 Å². The summed E-state index contributed by atoms with van der Waals surface area (Å²) in [5.41, 5.74) is 0. The normalized spacial score (nSPS) is 18.0. The molecule has 6 nitrogen and oxygen atoms in total. The highest BCUT2D eigenvalue weighted by atomic mass is 16.2. The quantitative estimate of drug-likeness (QED) is 0.817. The standard InChI is InChI=1S/C17H24N4O2/c1-14(22)21(15-5-6-15)9-7-17(23)20-12-10-19(11-13-20)16-4-2-3-8-18-16/h2-4,8,15H,5-7,9-13H2,1H3. The van der Waals surface area contributed by atoms with E-state index in [0.29, 0.717) is 19.0 Å². The van der Waals surface area contributed by atoms with Gasteiger partial charge in [-0.3, -0.25) is 9.59 Å². The number of carbonyl (C=O) groups is 2. The number of amides is 2. The highest BCUT2D eigenvalue weighted by Gasteiger charge is 2.31. The number of carbonyl (C=O) groups excluding carboxylic acids is 2. The first kappa shape index (κ1) is 15.8. The molecule has 6 heteroatoms. The Balaban J connectivity index is 1.45. The van der Waals surface area contributed by atoms with Gasteiger partial charge in [-0.25, -0.2) is 4.98 Å². The zero-order chi connectivity index (χ0) is 16.2. The van der Waals surface area contributed by atoms with E-state index in [2.05, 4.69) is 9.88 Å². The molecule has 0 radical (unpaired) electrons. The van der Waals surface area contributed by atoms with Crippen LogP contribution in [-0.4, -0.2) is 65.4 Å². The Bertz CT molecular complexity index is 551. The van der Waals surface area contributed by atoms with E-state index >= 15 is 0 Å². The Labute approximate surface area is 137 Å². The van der Waals surface area contributed by atoms with Gasteiger partial charge in [0.05, 0.1) is 0 Å². The Morgan fingerprint density at radius 3 is 2.52 bits per heavy atom. The van der Waals surface area contributed by atoms with E-state index in [0.717, 1.165) is 44.8 Å². The number of hydrogen-bond acceptors (Lipinski definition) is 4. The lowest BCUT2D eigenvalue weighted by atomic mass is 10.2. The van der Waals surface area contributed by atoms with Crippen molar-refractivity contribution in [3.05, 3.63) is 24.4 Å². The van der Waals surface area contributed by atoms with E-state index in [9.17, 15) is 9.59 Å². The van der Waals surface area contributed by atoms with Gasteiger partial charge in [-0.1, -0.05) is 6.07 Å². The molecule has 0 bridgehead atoms. The molecule has 1 saturated heterocycles. The molecule has 2 heterocycles. The van der Waals surface area contributed by atoms with Crippen molar-refractivity contribution in [1.29, 1.82) is 0 Å². The number of aromatic nitrogens is 1. The van der Waals surface area contributed by atoms with Gasteiger partial charge in [-0.2, -0.15) is 0 Å². The third-order valence-corrected chi connectivity index (χ3v) is 4.56. The third kappa shape index (κ3) is 4.00. The van der Waals surface area contributed by atoms with Crippen molar-refractivity contribution in [2.45, 2.75) is 32.2 Å². The van der Waals surface area contributed by atoms with E-state index < -0.39 is 0 Å². The molecule has 0 atom stereocenters. The number of piperazine rings is 1. The predicted molar refractivity (Wildman–Crippen MR) is 88.1 cm³/mol. The van der Waals surface area contributed by atoms with Gasteiger partial charge in [0.1, 0.15) is 5.82 Å². The number of hydrogen-bond donors (Lipinski definition) is 0. The summed E-state index contributed by atoms with van der Waals surface area (Å²) >= 11 is 0. The second-order valence-electron chi connectivity index (χ2n) is 6.25. The van der Waals surface area contributed by atoms with Gasteiger partial charge >= 0.3 is 0 Å². The van der Waals surface area contributed by atoms with Crippen molar-refractivity contribution in [1.82, 2.24) is 14.8 Å². The first-order valence-corrected chi connectivity index (χ1v) is 8.36. The lowest BCUT2D eigenvalue weighted by Gasteiger charge is -2.35. The van der Waals surface area contributed by atoms with E-state index in [1.807, 2.05) is 28.0 Å². The van der Waals surface area contributed by atoms with Crippen LogP contribution in [0, 0.1) is 0 Å². The summed E-state index contributed by atoms with van der Waals surface area (Å²) in [5.74, 6) is 1.20. The first-order chi connectivity index (χ1) is 11.1. The van der Waals surface area contributed by atoms with Crippen molar-refractivity contribution in [3.63, 3.8) is 0 Å². The van der Waals surface area contributed by atoms with Gasteiger partial charge in [-0.15, -0.1) is 0 Å². The summed E-state index contributed by atoms with van der Waals surface area (Å²) in [6.07, 6.45) is 4.38. The molecule has 1 aromatic rings. The molecule has 0 spiro atoms. The molecule has 0 unspecified atom stereocenters. The SMILES string of the molecule is CC(=O)N(CCC(=O)N1CCN(c2ccccn2)CC1)C1CC1. The largest absolute Gasteiger partial charge is 0.353 e. The molecule has 1 saturated carbocycles. The maximum atomic E-state index is 12.4. The minimum absolute atomic E-state index is 0.0836. The van der Waals surface area contributed by atoms with Gasteiger partial charge in [0.2, 0.25) is 11.8 Å². The highest BCUT2D eigenvalue weighted by molar-refractivity contribution is 5.78. The minimum atomic E-state index is 0.0836. The molecule has 23 heavy (non-hydrogen) atoms. The predicted octanol–water partition coefficient (Wildman–Crippen LogP) is 1.13. The summed E-state index contributed by atoms with van der Waals surface area (Å²) in [6, 6.07) is 6.26. The van der Waals surface area contributed by atoms with Crippen LogP contribution in [0.1, 0.15) is 26.2 Å². The van der Waals surface area contributed by atoms with E-state index in [-0.39, 0.29) is 11.8 Å². The molecule has 1 aliphatic heterocycles. The Kier molecular flexibility index (Phi) is 4.79. The van der Waals surface area contributed by atoms with E-state index in [1.54, 1.807) is 13.1 Å². The van der Waals surface area contributed by atoms with Gasteiger partial charge in [0.25, 0.3) is 0 Å². The van der Waals surface area contributed by atoms with Gasteiger partial charge < -0.3 is 14.7 Å². The fraction of sp³-hybridized carbons (Fsp3) is 0.588. The van der Waals surface area contributed by atoms with Crippen LogP contribution < -0.4 is 4.90 Å². The first-order valence-electron chi connectivity index (χ1n) is 8.36. The lowest BCUT2D eigenvalue weighted by molar-refractivity contribution is -0.133. The third-order valence-electron chi connectivity index (χ3n) is 4.56. The van der Waals surface area contributed by atoms with Gasteiger partial charge in [0, 0.05) is 58.3 Å². The average molecular weight is 316 g/mol. The van der Waals surface area contributed by atoms with Crippen molar-refractivity contribution in [3.8, 4) is 0 Å². The fourth-order valence-corrected chi connectivity index (χ4v) is 3.08. The topological polar surface area (TPSA) is 56.8 Å². The smallest absolute Gasteiger partial charge is 0.224 e. The number of nitrogens with zero attached hydrogens (tertiary/aromatic N) is 4. The average Bonchev–Trinajstić information content (AvgIpc) is 3.40. The lowest BCUT2D eigenvalue weighted by Crippen LogP contribution is -2.49. The number of pyridine rings is 1. The van der Waals surface area contributed by atoms with Gasteiger partial charge in [0.15, 0.2) is 0 Å². The molecule has 2 amide bonds. The molecule has 124 valence electrons. The summed E-state index contributed by atoms with van der Waals surface area (Å²) < 4.78 is 0. The van der Waals surface area contributed by atoms with Crippen LogP contribution in [0.15, 0.2) is 24.4 Å². The Hall–Kier alpha value is -2.11. The van der Waals surface area contributed by atoms with Crippen LogP contribution in [-0.2, 0) is 9.59 Å². The number of rotatable bonds is 5. The molecular weight excluding hydrogens is 292 g/mol. The van der Waals surface area contributed by atoms with Crippen LogP contribution in [0.2, 0.25) is 0 Å². The number of anilines is 1. The second-order valence-corrected chi connectivity index (χ2v) is 6.25. The van der Waals surface area contributed by atoms with Crippen molar-refractivity contribution < 1.29 is 9.59 Å². The molecular formula is C17H24N4O2. The van der Waals surface area contributed by atoms with Crippen molar-refractivity contribution in [2.24, 2.45) is 0 Å². The second kappa shape index (κ2) is 6.98. The molecule has 1 aromatic heterocycles. The zero-order valence-corrected chi connectivity index (χ0v) is 13.6. The van der Waals surface area contributed by atoms with Crippen LogP contribution in [0.25, 0.3) is 0 Å². The molecule has 0 N–H and O–H groups in total. The van der Waals surface area contributed by atoms with Crippen LogP contribution in [0.4, 0.5) is 5.82 Å². The van der Waals surface area contributed by atoms with Crippen LogP contribution in [0.5, 0.6) is 0 Å². The summed E-state index contributed by atoms with van der Waals surface area (Å²) in [5, 5.41) is 0. The van der Waals surface area contributed by atoms with Crippen LogP contribution in [0.3, 0.4) is 0 Å². The molecule has 3 rings (SSSR count). The van der Waals surface area contributed by atoms with Gasteiger partial charge in [-0.05, 0) is 25.0 Å². The summed E-state index contributed by atoms with van der Waals surface area (Å²) in [6.45, 7) is 5.20. The minimum Gasteiger partial charge on any atom is -0.353 e. The zero-order valence-electron chi connectivity index (χ0n) is 13.6. The van der Waals surface area contributed by atoms with Crippen LogP contribution >= 0.6 is 0 Å². The molecule has 0 aromatic carbocycles. The highest BCUT2D eigenvalue weighted by Crippen LogP contribution is 2.27.